The molecule has 1 unspecified atom stereocenters. The zero-order chi connectivity index (χ0) is 15.7. The summed E-state index contributed by atoms with van der Waals surface area (Å²) in [6.07, 6.45) is 4.46. The molecule has 22 heavy (non-hydrogen) atoms. The van der Waals surface area contributed by atoms with Gasteiger partial charge in [0.2, 0.25) is 5.82 Å². The average molecular weight is 354 g/mol. The topological polar surface area (TPSA) is 68.9 Å². The summed E-state index contributed by atoms with van der Waals surface area (Å²) >= 11 is 12.1. The second-order valence-electron chi connectivity index (χ2n) is 4.38. The van der Waals surface area contributed by atoms with Gasteiger partial charge >= 0.3 is 0 Å². The molecule has 8 heteroatoms. The van der Waals surface area contributed by atoms with Crippen LogP contribution in [0.2, 0.25) is 10.0 Å². The predicted molar refractivity (Wildman–Crippen MR) is 85.3 cm³/mol. The van der Waals surface area contributed by atoms with Crippen molar-refractivity contribution in [1.29, 1.82) is 0 Å². The van der Waals surface area contributed by atoms with Gasteiger partial charge in [0.05, 0.1) is 26.3 Å². The molecule has 0 aliphatic rings. The number of hydrogen-bond donors (Lipinski definition) is 0. The highest BCUT2D eigenvalue weighted by atomic mass is 35.5. The number of pyridine rings is 1. The van der Waals surface area contributed by atoms with E-state index in [0.717, 1.165) is 0 Å². The maximum absolute atomic E-state index is 11.8. The van der Waals surface area contributed by atoms with Crippen molar-refractivity contribution >= 4 is 34.0 Å². The van der Waals surface area contributed by atoms with Crippen LogP contribution < -0.4 is 0 Å². The SMILES string of the molecule is CS(=O)c1cncc(Cl)c1-c1noc(-c2cccc(Cl)c2)n1. The molecule has 3 aromatic rings. The van der Waals surface area contributed by atoms with E-state index in [2.05, 4.69) is 15.1 Å². The van der Waals surface area contributed by atoms with Crippen molar-refractivity contribution in [3.05, 3.63) is 46.7 Å². The first-order chi connectivity index (χ1) is 10.6. The smallest absolute Gasteiger partial charge is 0.258 e. The van der Waals surface area contributed by atoms with Crippen LogP contribution in [-0.4, -0.2) is 25.6 Å². The van der Waals surface area contributed by atoms with Crippen LogP contribution >= 0.6 is 23.2 Å². The van der Waals surface area contributed by atoms with E-state index in [1.165, 1.54) is 18.6 Å². The minimum atomic E-state index is -1.28. The van der Waals surface area contributed by atoms with E-state index in [1.807, 2.05) is 0 Å². The molecule has 0 N–H and O–H groups in total. The monoisotopic (exact) mass is 353 g/mol. The highest BCUT2D eigenvalue weighted by Gasteiger charge is 2.19. The molecule has 2 heterocycles. The summed E-state index contributed by atoms with van der Waals surface area (Å²) in [7, 11) is -1.28. The standard InChI is InChI=1S/C14H9Cl2N3O2S/c1-22(20)11-7-17-6-10(16)12(11)13-18-14(21-19-13)8-3-2-4-9(15)5-8/h2-7H,1H3. The van der Waals surface area contributed by atoms with Crippen molar-refractivity contribution in [3.8, 4) is 22.8 Å². The van der Waals surface area contributed by atoms with E-state index in [-0.39, 0.29) is 5.82 Å². The van der Waals surface area contributed by atoms with Gasteiger partial charge < -0.3 is 4.52 Å². The van der Waals surface area contributed by atoms with Crippen molar-refractivity contribution in [2.24, 2.45) is 0 Å². The number of nitrogens with zero attached hydrogens (tertiary/aromatic N) is 3. The molecule has 0 aliphatic heterocycles. The van der Waals surface area contributed by atoms with Gasteiger partial charge in [-0.25, -0.2) is 0 Å². The van der Waals surface area contributed by atoms with Crippen molar-refractivity contribution in [3.63, 3.8) is 0 Å². The third-order valence-electron chi connectivity index (χ3n) is 2.90. The fourth-order valence-electron chi connectivity index (χ4n) is 1.92. The minimum absolute atomic E-state index is 0.257. The highest BCUT2D eigenvalue weighted by Crippen LogP contribution is 2.32. The van der Waals surface area contributed by atoms with Crippen LogP contribution in [-0.2, 0) is 10.8 Å². The number of rotatable bonds is 3. The maximum Gasteiger partial charge on any atom is 0.258 e. The Labute approximate surface area is 138 Å². The third-order valence-corrected chi connectivity index (χ3v) is 4.35. The number of aromatic nitrogens is 3. The molecule has 0 fully saturated rings. The summed E-state index contributed by atoms with van der Waals surface area (Å²) in [6, 6.07) is 7.05. The Hall–Kier alpha value is -1.76. The number of hydrogen-bond acceptors (Lipinski definition) is 5. The van der Waals surface area contributed by atoms with Gasteiger partial charge in [0.15, 0.2) is 0 Å². The Morgan fingerprint density at radius 2 is 2.05 bits per heavy atom. The van der Waals surface area contributed by atoms with E-state index < -0.39 is 10.8 Å². The van der Waals surface area contributed by atoms with Gasteiger partial charge in [-0.2, -0.15) is 4.98 Å². The molecule has 112 valence electrons. The first-order valence-electron chi connectivity index (χ1n) is 6.13. The summed E-state index contributed by atoms with van der Waals surface area (Å²) in [5, 5.41) is 4.80. The Morgan fingerprint density at radius 1 is 1.23 bits per heavy atom. The second kappa shape index (κ2) is 6.16. The van der Waals surface area contributed by atoms with Crippen LogP contribution in [0.3, 0.4) is 0 Å². The molecular weight excluding hydrogens is 345 g/mol. The lowest BCUT2D eigenvalue weighted by molar-refractivity contribution is 0.432. The first kappa shape index (κ1) is 15.1. The van der Waals surface area contributed by atoms with Gasteiger partial charge in [-0.3, -0.25) is 9.19 Å². The Kier molecular flexibility index (Phi) is 4.24. The van der Waals surface area contributed by atoms with E-state index in [9.17, 15) is 4.21 Å². The Morgan fingerprint density at radius 3 is 2.77 bits per heavy atom. The summed E-state index contributed by atoms with van der Waals surface area (Å²) < 4.78 is 17.1. The molecule has 5 nitrogen and oxygen atoms in total. The van der Waals surface area contributed by atoms with E-state index in [4.69, 9.17) is 27.7 Å². The van der Waals surface area contributed by atoms with Crippen molar-refractivity contribution in [2.45, 2.75) is 4.90 Å². The zero-order valence-corrected chi connectivity index (χ0v) is 13.6. The van der Waals surface area contributed by atoms with Crippen LogP contribution in [0.5, 0.6) is 0 Å². The van der Waals surface area contributed by atoms with Gasteiger partial charge in [0.1, 0.15) is 0 Å². The van der Waals surface area contributed by atoms with Crippen molar-refractivity contribution in [1.82, 2.24) is 15.1 Å². The molecule has 1 atom stereocenters. The lowest BCUT2D eigenvalue weighted by atomic mass is 10.2. The molecule has 0 saturated heterocycles. The van der Waals surface area contributed by atoms with Crippen LogP contribution in [0, 0.1) is 0 Å². The lowest BCUT2D eigenvalue weighted by Crippen LogP contribution is -1.96. The Bertz CT molecular complexity index is 867. The van der Waals surface area contributed by atoms with Gasteiger partial charge in [0.25, 0.3) is 5.89 Å². The van der Waals surface area contributed by atoms with Crippen molar-refractivity contribution < 1.29 is 8.73 Å². The molecule has 2 aromatic heterocycles. The van der Waals surface area contributed by atoms with E-state index in [1.54, 1.807) is 24.3 Å². The lowest BCUT2D eigenvalue weighted by Gasteiger charge is -2.04. The van der Waals surface area contributed by atoms with Gasteiger partial charge in [-0.05, 0) is 18.2 Å². The predicted octanol–water partition coefficient (Wildman–Crippen LogP) is 3.84. The van der Waals surface area contributed by atoms with Crippen LogP contribution in [0.4, 0.5) is 0 Å². The molecule has 3 rings (SSSR count). The van der Waals surface area contributed by atoms with Crippen LogP contribution in [0.25, 0.3) is 22.8 Å². The average Bonchev–Trinajstić information content (AvgIpc) is 2.96. The second-order valence-corrected chi connectivity index (χ2v) is 6.57. The number of halogens is 2. The fraction of sp³-hybridized carbons (Fsp3) is 0.0714. The van der Waals surface area contributed by atoms with Crippen LogP contribution in [0.15, 0.2) is 46.1 Å². The minimum Gasteiger partial charge on any atom is -0.334 e. The normalized spacial score (nSPS) is 12.3. The zero-order valence-electron chi connectivity index (χ0n) is 11.3. The molecule has 0 amide bonds. The van der Waals surface area contributed by atoms with E-state index >= 15 is 0 Å². The van der Waals surface area contributed by atoms with E-state index in [0.29, 0.717) is 32.0 Å². The third kappa shape index (κ3) is 2.90. The maximum atomic E-state index is 11.8. The molecule has 0 radical (unpaired) electrons. The Balaban J connectivity index is 2.11. The van der Waals surface area contributed by atoms with Gasteiger partial charge in [-0.1, -0.05) is 34.4 Å². The summed E-state index contributed by atoms with van der Waals surface area (Å²) in [5.41, 5.74) is 1.14. The molecule has 0 saturated carbocycles. The molecule has 1 aromatic carbocycles. The molecule has 0 bridgehead atoms. The van der Waals surface area contributed by atoms with Crippen molar-refractivity contribution in [2.75, 3.05) is 6.26 Å². The quantitative estimate of drug-likeness (QED) is 0.715. The molecule has 0 aliphatic carbocycles. The molecular formula is C14H9Cl2N3O2S. The summed E-state index contributed by atoms with van der Waals surface area (Å²) in [4.78, 5) is 8.70. The summed E-state index contributed by atoms with van der Waals surface area (Å²) in [6.45, 7) is 0. The summed E-state index contributed by atoms with van der Waals surface area (Å²) in [5.74, 6) is 0.561. The van der Waals surface area contributed by atoms with Gasteiger partial charge in [0, 0.05) is 29.2 Å². The largest absolute Gasteiger partial charge is 0.334 e. The number of benzene rings is 1. The highest BCUT2D eigenvalue weighted by molar-refractivity contribution is 7.84. The van der Waals surface area contributed by atoms with Crippen LogP contribution in [0.1, 0.15) is 0 Å². The molecule has 0 spiro atoms. The fourth-order valence-corrected chi connectivity index (χ4v) is 3.10. The first-order valence-corrected chi connectivity index (χ1v) is 8.44. The van der Waals surface area contributed by atoms with Gasteiger partial charge in [-0.15, -0.1) is 0 Å².